The molecule has 0 saturated carbocycles. The molecule has 2 aromatic rings. The van der Waals surface area contributed by atoms with Gasteiger partial charge in [0.15, 0.2) is 0 Å². The van der Waals surface area contributed by atoms with Crippen LogP contribution in [-0.4, -0.2) is 33.7 Å². The summed E-state index contributed by atoms with van der Waals surface area (Å²) in [5.74, 6) is -0.261. The number of carbonyl (C=O) groups is 1. The molecule has 1 aromatic carbocycles. The maximum atomic E-state index is 11.3. The van der Waals surface area contributed by atoms with Crippen LogP contribution in [0.5, 0.6) is 0 Å². The molecule has 5 nitrogen and oxygen atoms in total. The number of aromatic nitrogens is 2. The van der Waals surface area contributed by atoms with Crippen LogP contribution in [0, 0.1) is 12.8 Å². The van der Waals surface area contributed by atoms with Gasteiger partial charge in [-0.15, -0.1) is 0 Å². The SMILES string of the molecule is Cc1nn(Cc2ccccc2)c(Cl)c1CN1CCC(C(N)=O)C1. The third kappa shape index (κ3) is 3.57. The van der Waals surface area contributed by atoms with Crippen molar-refractivity contribution in [2.75, 3.05) is 13.1 Å². The first-order chi connectivity index (χ1) is 11.0. The Labute approximate surface area is 141 Å². The molecule has 122 valence electrons. The molecule has 0 spiro atoms. The Balaban J connectivity index is 1.72. The summed E-state index contributed by atoms with van der Waals surface area (Å²) in [5.41, 5.74) is 8.53. The summed E-state index contributed by atoms with van der Waals surface area (Å²) in [6.07, 6.45) is 0.824. The Bertz CT molecular complexity index is 698. The van der Waals surface area contributed by atoms with Crippen LogP contribution in [0.15, 0.2) is 30.3 Å². The van der Waals surface area contributed by atoms with Crippen molar-refractivity contribution in [1.82, 2.24) is 14.7 Å². The number of likely N-dealkylation sites (tertiary alicyclic amines) is 1. The van der Waals surface area contributed by atoms with Gasteiger partial charge in [0.1, 0.15) is 5.15 Å². The van der Waals surface area contributed by atoms with Crippen molar-refractivity contribution in [2.24, 2.45) is 11.7 Å². The second-order valence-electron chi connectivity index (χ2n) is 6.12. The number of hydrogen-bond donors (Lipinski definition) is 1. The quantitative estimate of drug-likeness (QED) is 0.913. The van der Waals surface area contributed by atoms with Gasteiger partial charge in [-0.25, -0.2) is 4.68 Å². The van der Waals surface area contributed by atoms with Crippen molar-refractivity contribution in [3.05, 3.63) is 52.3 Å². The van der Waals surface area contributed by atoms with E-state index in [1.54, 1.807) is 0 Å². The van der Waals surface area contributed by atoms with Gasteiger partial charge < -0.3 is 5.73 Å². The molecule has 1 amide bonds. The smallest absolute Gasteiger partial charge is 0.221 e. The molecule has 1 aliphatic heterocycles. The number of primary amides is 1. The molecule has 1 aromatic heterocycles. The number of amides is 1. The van der Waals surface area contributed by atoms with Crippen molar-refractivity contribution in [3.8, 4) is 0 Å². The average molecular weight is 333 g/mol. The summed E-state index contributed by atoms with van der Waals surface area (Å²) >= 11 is 6.54. The molecule has 0 bridgehead atoms. The minimum Gasteiger partial charge on any atom is -0.369 e. The van der Waals surface area contributed by atoms with Crippen molar-refractivity contribution in [3.63, 3.8) is 0 Å². The molecule has 1 atom stereocenters. The van der Waals surface area contributed by atoms with E-state index >= 15 is 0 Å². The molecule has 1 saturated heterocycles. The van der Waals surface area contributed by atoms with E-state index in [0.29, 0.717) is 24.8 Å². The zero-order valence-electron chi connectivity index (χ0n) is 13.2. The highest BCUT2D eigenvalue weighted by atomic mass is 35.5. The highest BCUT2D eigenvalue weighted by molar-refractivity contribution is 6.30. The molecule has 2 heterocycles. The summed E-state index contributed by atoms with van der Waals surface area (Å²) < 4.78 is 1.84. The maximum Gasteiger partial charge on any atom is 0.221 e. The number of hydrogen-bond acceptors (Lipinski definition) is 3. The largest absolute Gasteiger partial charge is 0.369 e. The van der Waals surface area contributed by atoms with Crippen LogP contribution in [0.1, 0.15) is 23.2 Å². The van der Waals surface area contributed by atoms with E-state index < -0.39 is 0 Å². The molecule has 23 heavy (non-hydrogen) atoms. The van der Waals surface area contributed by atoms with Gasteiger partial charge in [0, 0.05) is 18.7 Å². The van der Waals surface area contributed by atoms with E-state index in [4.69, 9.17) is 17.3 Å². The van der Waals surface area contributed by atoms with Gasteiger partial charge in [-0.3, -0.25) is 9.69 Å². The third-order valence-electron chi connectivity index (χ3n) is 4.41. The van der Waals surface area contributed by atoms with Crippen molar-refractivity contribution in [1.29, 1.82) is 0 Å². The zero-order valence-corrected chi connectivity index (χ0v) is 14.0. The molecule has 0 radical (unpaired) electrons. The van der Waals surface area contributed by atoms with Crippen LogP contribution in [0.3, 0.4) is 0 Å². The number of aryl methyl sites for hydroxylation is 1. The van der Waals surface area contributed by atoms with Crippen LogP contribution < -0.4 is 5.73 Å². The lowest BCUT2D eigenvalue weighted by atomic mass is 10.1. The normalized spacial score (nSPS) is 18.4. The Hall–Kier alpha value is -1.85. The summed E-state index contributed by atoms with van der Waals surface area (Å²) in [5, 5.41) is 5.24. The van der Waals surface area contributed by atoms with Gasteiger partial charge in [0.05, 0.1) is 18.2 Å². The number of rotatable bonds is 5. The molecule has 3 rings (SSSR count). The van der Waals surface area contributed by atoms with Gasteiger partial charge in [-0.1, -0.05) is 41.9 Å². The molecule has 0 aliphatic carbocycles. The molecule has 1 fully saturated rings. The summed E-state index contributed by atoms with van der Waals surface area (Å²) in [6.45, 7) is 4.92. The Morgan fingerprint density at radius 1 is 1.35 bits per heavy atom. The first-order valence-electron chi connectivity index (χ1n) is 7.82. The summed E-state index contributed by atoms with van der Waals surface area (Å²) in [4.78, 5) is 13.5. The zero-order chi connectivity index (χ0) is 16.4. The second kappa shape index (κ2) is 6.72. The predicted molar refractivity (Wildman–Crippen MR) is 90.1 cm³/mol. The minimum atomic E-state index is -0.213. The number of carbonyl (C=O) groups excluding carboxylic acids is 1. The fraction of sp³-hybridized carbons (Fsp3) is 0.412. The van der Waals surface area contributed by atoms with E-state index in [2.05, 4.69) is 22.1 Å². The number of nitrogens with zero attached hydrogens (tertiary/aromatic N) is 3. The Kier molecular flexibility index (Phi) is 4.68. The highest BCUT2D eigenvalue weighted by Gasteiger charge is 2.28. The van der Waals surface area contributed by atoms with Gasteiger partial charge in [-0.2, -0.15) is 5.10 Å². The van der Waals surface area contributed by atoms with E-state index in [1.165, 1.54) is 5.56 Å². The second-order valence-corrected chi connectivity index (χ2v) is 6.48. The van der Waals surface area contributed by atoms with E-state index in [-0.39, 0.29) is 11.8 Å². The Morgan fingerprint density at radius 2 is 2.09 bits per heavy atom. The Morgan fingerprint density at radius 3 is 2.74 bits per heavy atom. The molecular weight excluding hydrogens is 312 g/mol. The van der Waals surface area contributed by atoms with Gasteiger partial charge in [0.2, 0.25) is 5.91 Å². The van der Waals surface area contributed by atoms with Crippen LogP contribution in [-0.2, 0) is 17.9 Å². The van der Waals surface area contributed by atoms with Crippen LogP contribution in [0.4, 0.5) is 0 Å². The molecule has 6 heteroatoms. The standard InChI is InChI=1S/C17H21ClN4O/c1-12-15(11-21-8-7-14(10-21)17(19)23)16(18)22(20-12)9-13-5-3-2-4-6-13/h2-6,14H,7-11H2,1H3,(H2,19,23). The van der Waals surface area contributed by atoms with Crippen molar-refractivity contribution in [2.45, 2.75) is 26.4 Å². The number of nitrogens with two attached hydrogens (primary N) is 1. The number of halogens is 1. The first-order valence-corrected chi connectivity index (χ1v) is 8.19. The van der Waals surface area contributed by atoms with Crippen LogP contribution >= 0.6 is 11.6 Å². The minimum absolute atomic E-state index is 0.0477. The number of benzene rings is 1. The van der Waals surface area contributed by atoms with Crippen molar-refractivity contribution >= 4 is 17.5 Å². The summed E-state index contributed by atoms with van der Waals surface area (Å²) in [6, 6.07) is 10.1. The average Bonchev–Trinajstić information content (AvgIpc) is 3.10. The highest BCUT2D eigenvalue weighted by Crippen LogP contribution is 2.25. The molecule has 2 N–H and O–H groups in total. The lowest BCUT2D eigenvalue weighted by Gasteiger charge is -2.15. The molecular formula is C17H21ClN4O. The first kappa shape index (κ1) is 16.0. The van der Waals surface area contributed by atoms with Crippen molar-refractivity contribution < 1.29 is 4.79 Å². The predicted octanol–water partition coefficient (Wildman–Crippen LogP) is 2.20. The fourth-order valence-corrected chi connectivity index (χ4v) is 3.36. The van der Waals surface area contributed by atoms with Gasteiger partial charge >= 0.3 is 0 Å². The van der Waals surface area contributed by atoms with Crippen LogP contribution in [0.2, 0.25) is 5.15 Å². The monoisotopic (exact) mass is 332 g/mol. The maximum absolute atomic E-state index is 11.3. The van der Waals surface area contributed by atoms with Gasteiger partial charge in [-0.05, 0) is 25.5 Å². The van der Waals surface area contributed by atoms with E-state index in [9.17, 15) is 4.79 Å². The van der Waals surface area contributed by atoms with E-state index in [0.717, 1.165) is 24.2 Å². The molecule has 1 unspecified atom stereocenters. The van der Waals surface area contributed by atoms with Gasteiger partial charge in [0.25, 0.3) is 0 Å². The lowest BCUT2D eigenvalue weighted by Crippen LogP contribution is -2.27. The lowest BCUT2D eigenvalue weighted by molar-refractivity contribution is -0.121. The van der Waals surface area contributed by atoms with Crippen LogP contribution in [0.25, 0.3) is 0 Å². The van der Waals surface area contributed by atoms with E-state index in [1.807, 2.05) is 29.8 Å². The fourth-order valence-electron chi connectivity index (χ4n) is 3.06. The summed E-state index contributed by atoms with van der Waals surface area (Å²) in [7, 11) is 0. The molecule has 1 aliphatic rings. The topological polar surface area (TPSA) is 64.2 Å². The third-order valence-corrected chi connectivity index (χ3v) is 4.84.